The molecule has 0 aliphatic carbocycles. The smallest absolute Gasteiger partial charge is 0.726 e. The molecule has 1 atom stereocenters. The van der Waals surface area contributed by atoms with Crippen molar-refractivity contribution in [1.29, 1.82) is 0 Å². The van der Waals surface area contributed by atoms with Crippen LogP contribution in [0.2, 0.25) is 0 Å². The first-order valence-corrected chi connectivity index (χ1v) is 18.6. The van der Waals surface area contributed by atoms with Gasteiger partial charge in [0.1, 0.15) is 0 Å². The Morgan fingerprint density at radius 3 is 1.23 bits per heavy atom. The summed E-state index contributed by atoms with van der Waals surface area (Å²) in [4.78, 5) is 0. The summed E-state index contributed by atoms with van der Waals surface area (Å²) in [5.41, 5.74) is 0. The second kappa shape index (κ2) is 34.1. The van der Waals surface area contributed by atoms with Gasteiger partial charge in [0, 0.05) is 5.92 Å². The molecule has 0 aromatic carbocycles. The van der Waals surface area contributed by atoms with Crippen LogP contribution in [-0.4, -0.2) is 19.6 Å². The zero-order valence-electron chi connectivity index (χ0n) is 27.3. The van der Waals surface area contributed by atoms with E-state index in [2.05, 4.69) is 30.2 Å². The average molecular weight is 595 g/mol. The van der Waals surface area contributed by atoms with Gasteiger partial charge in [0.05, 0.1) is 6.61 Å². The van der Waals surface area contributed by atoms with E-state index in [4.69, 9.17) is 0 Å². The Morgan fingerprint density at radius 1 is 0.550 bits per heavy atom. The fourth-order valence-corrected chi connectivity index (χ4v) is 5.74. The van der Waals surface area contributed by atoms with E-state index in [9.17, 15) is 13.0 Å². The first kappa shape index (κ1) is 42.7. The van der Waals surface area contributed by atoms with Gasteiger partial charge in [-0.25, -0.2) is 8.42 Å². The second-order valence-electron chi connectivity index (χ2n) is 11.9. The van der Waals surface area contributed by atoms with Crippen molar-refractivity contribution in [1.82, 2.24) is 0 Å². The number of unbranched alkanes of at least 4 members (excludes halogenated alkanes) is 25. The Morgan fingerprint density at radius 2 is 0.875 bits per heavy atom. The Bertz CT molecular complexity index is 609. The molecule has 234 valence electrons. The minimum atomic E-state index is -4.62. The fraction of sp³-hybridized carbons (Fsp3) is 0.941. The van der Waals surface area contributed by atoms with Crippen LogP contribution in [0.5, 0.6) is 0 Å². The van der Waals surface area contributed by atoms with Crippen molar-refractivity contribution in [2.24, 2.45) is 5.92 Å². The minimum Gasteiger partial charge on any atom is -0.726 e. The van der Waals surface area contributed by atoms with Crippen LogP contribution in [0.15, 0.2) is 12.2 Å². The van der Waals surface area contributed by atoms with E-state index in [1.165, 1.54) is 161 Å². The number of hydrogen-bond acceptors (Lipinski definition) is 4. The topological polar surface area (TPSA) is 66.4 Å². The van der Waals surface area contributed by atoms with Gasteiger partial charge in [-0.05, 0) is 19.3 Å². The average Bonchev–Trinajstić information content (AvgIpc) is 2.91. The van der Waals surface area contributed by atoms with Crippen molar-refractivity contribution in [2.75, 3.05) is 6.61 Å². The Balaban J connectivity index is 0. The van der Waals surface area contributed by atoms with Crippen LogP contribution in [0.3, 0.4) is 0 Å². The van der Waals surface area contributed by atoms with Crippen molar-refractivity contribution >= 4 is 10.4 Å². The van der Waals surface area contributed by atoms with E-state index in [1.807, 2.05) is 0 Å². The van der Waals surface area contributed by atoms with Crippen molar-refractivity contribution in [3.63, 3.8) is 0 Å². The largest absolute Gasteiger partial charge is 1.00 e. The number of allylic oxidation sites excluding steroid dienone is 1. The molecular weight excluding hydrogens is 527 g/mol. The third kappa shape index (κ3) is 36.6. The summed E-state index contributed by atoms with van der Waals surface area (Å²) < 4.78 is 37.4. The van der Waals surface area contributed by atoms with E-state index in [1.54, 1.807) is 0 Å². The van der Waals surface area contributed by atoms with Gasteiger partial charge in [-0.3, -0.25) is 4.18 Å². The van der Waals surface area contributed by atoms with Gasteiger partial charge in [-0.1, -0.05) is 187 Å². The molecule has 6 heteroatoms. The zero-order valence-corrected chi connectivity index (χ0v) is 30.1. The van der Waals surface area contributed by atoms with Crippen LogP contribution in [0.25, 0.3) is 0 Å². The molecule has 0 aromatic heterocycles. The van der Waals surface area contributed by atoms with Crippen LogP contribution in [0.4, 0.5) is 0 Å². The van der Waals surface area contributed by atoms with E-state index in [0.29, 0.717) is 0 Å². The van der Waals surface area contributed by atoms with Gasteiger partial charge in [-0.2, -0.15) is 0 Å². The van der Waals surface area contributed by atoms with Gasteiger partial charge in [0.25, 0.3) is 0 Å². The van der Waals surface area contributed by atoms with E-state index < -0.39 is 10.4 Å². The van der Waals surface area contributed by atoms with Crippen LogP contribution < -0.4 is 29.6 Å². The molecule has 1 unspecified atom stereocenters. The molecule has 0 amide bonds. The fourth-order valence-electron chi connectivity index (χ4n) is 5.40. The van der Waals surface area contributed by atoms with Crippen LogP contribution in [0, 0.1) is 5.92 Å². The monoisotopic (exact) mass is 594 g/mol. The van der Waals surface area contributed by atoms with E-state index in [0.717, 1.165) is 19.3 Å². The molecule has 0 heterocycles. The summed E-state index contributed by atoms with van der Waals surface area (Å²) in [7, 11) is -4.62. The summed E-state index contributed by atoms with van der Waals surface area (Å²) in [6.45, 7) is 4.52. The summed E-state index contributed by atoms with van der Waals surface area (Å²) >= 11 is 0. The molecule has 0 rings (SSSR count). The predicted octanol–water partition coefficient (Wildman–Crippen LogP) is 8.60. The van der Waals surface area contributed by atoms with E-state index >= 15 is 0 Å². The van der Waals surface area contributed by atoms with Crippen LogP contribution >= 0.6 is 0 Å². The van der Waals surface area contributed by atoms with Gasteiger partial charge in [0.2, 0.25) is 10.4 Å². The molecule has 0 saturated heterocycles. The zero-order chi connectivity index (χ0) is 28.7. The van der Waals surface area contributed by atoms with Crippen molar-refractivity contribution in [3.8, 4) is 0 Å². The van der Waals surface area contributed by atoms with Gasteiger partial charge >= 0.3 is 29.6 Å². The molecular formula is C34H67NaO4S. The Labute approximate surface area is 273 Å². The van der Waals surface area contributed by atoms with E-state index in [-0.39, 0.29) is 42.1 Å². The third-order valence-electron chi connectivity index (χ3n) is 7.99. The summed E-state index contributed by atoms with van der Waals surface area (Å²) in [5.74, 6) is 0.0171. The molecule has 0 bridgehead atoms. The molecule has 0 fully saturated rings. The minimum absolute atomic E-state index is 0. The molecule has 0 aliphatic rings. The normalized spacial score (nSPS) is 12.7. The SMILES string of the molecule is CCCCCCCCCCCC/C=C/C(CCCCCCCCCCCCCCCCCC)COS(=O)(=O)[O-].[Na+]. The standard InChI is InChI=1S/C34H68O4S.Na/c1-3-5-7-9-11-13-15-17-18-19-20-22-24-26-28-30-32-34(33-38-39(35,36)37)31-29-27-25-23-21-16-14-12-10-8-6-4-2;/h29,31,34H,3-28,30,32-33H2,1-2H3,(H,35,36,37);/q;+1/p-1/b31-29+;. The van der Waals surface area contributed by atoms with Gasteiger partial charge in [0.15, 0.2) is 0 Å². The first-order valence-electron chi connectivity index (χ1n) is 17.3. The first-order chi connectivity index (χ1) is 19.0. The van der Waals surface area contributed by atoms with Crippen LogP contribution in [-0.2, 0) is 14.6 Å². The summed E-state index contributed by atoms with van der Waals surface area (Å²) in [6.07, 6.45) is 40.9. The van der Waals surface area contributed by atoms with Crippen molar-refractivity contribution in [3.05, 3.63) is 12.2 Å². The molecule has 0 aliphatic heterocycles. The molecule has 0 N–H and O–H groups in total. The molecule has 40 heavy (non-hydrogen) atoms. The van der Waals surface area contributed by atoms with Crippen molar-refractivity contribution in [2.45, 2.75) is 194 Å². The maximum Gasteiger partial charge on any atom is 1.00 e. The van der Waals surface area contributed by atoms with Gasteiger partial charge in [-0.15, -0.1) is 0 Å². The Kier molecular flexibility index (Phi) is 36.4. The predicted molar refractivity (Wildman–Crippen MR) is 169 cm³/mol. The maximum atomic E-state index is 10.9. The number of hydrogen-bond donors (Lipinski definition) is 0. The van der Waals surface area contributed by atoms with Crippen molar-refractivity contribution < 1.29 is 46.7 Å². The third-order valence-corrected chi connectivity index (χ3v) is 8.41. The molecule has 0 aromatic rings. The van der Waals surface area contributed by atoms with Gasteiger partial charge < -0.3 is 4.55 Å². The molecule has 0 spiro atoms. The summed E-state index contributed by atoms with van der Waals surface area (Å²) in [6, 6.07) is 0. The quantitative estimate of drug-likeness (QED) is 0.0257. The Hall–Kier alpha value is 0.610. The summed E-state index contributed by atoms with van der Waals surface area (Å²) in [5, 5.41) is 0. The molecule has 4 nitrogen and oxygen atoms in total. The molecule has 0 saturated carbocycles. The maximum absolute atomic E-state index is 10.9. The molecule has 0 radical (unpaired) electrons. The van der Waals surface area contributed by atoms with Crippen LogP contribution in [0.1, 0.15) is 194 Å². The number of rotatable bonds is 32. The second-order valence-corrected chi connectivity index (χ2v) is 13.0.